The fourth-order valence-corrected chi connectivity index (χ4v) is 3.93. The molecule has 0 radical (unpaired) electrons. The van der Waals surface area contributed by atoms with Gasteiger partial charge in [-0.05, 0) is 24.5 Å². The Morgan fingerprint density at radius 3 is 2.32 bits per heavy atom. The van der Waals surface area contributed by atoms with Crippen LogP contribution in [0, 0.1) is 5.92 Å². The summed E-state index contributed by atoms with van der Waals surface area (Å²) >= 11 is 6.45. The topological polar surface area (TPSA) is 63.2 Å². The molecule has 0 saturated carbocycles. The van der Waals surface area contributed by atoms with Gasteiger partial charge >= 0.3 is 0 Å². The predicted octanol–water partition coefficient (Wildman–Crippen LogP) is 5.06. The van der Waals surface area contributed by atoms with Gasteiger partial charge in [0.05, 0.1) is 16.1 Å². The van der Waals surface area contributed by atoms with Gasteiger partial charge in [0, 0.05) is 23.2 Å². The first-order valence-electron chi connectivity index (χ1n) is 9.78. The van der Waals surface area contributed by atoms with Crippen LogP contribution in [0.4, 0.5) is 0 Å². The smallest absolute Gasteiger partial charge is 0.252 e. The van der Waals surface area contributed by atoms with Crippen molar-refractivity contribution in [2.45, 2.75) is 39.5 Å². The molecule has 1 amide bonds. The maximum atomic E-state index is 12.9. The van der Waals surface area contributed by atoms with Crippen LogP contribution < -0.4 is 5.32 Å². The maximum absolute atomic E-state index is 12.9. The molecule has 4 nitrogen and oxygen atoms in total. The molecule has 1 aliphatic rings. The zero-order valence-corrected chi connectivity index (χ0v) is 16.9. The predicted molar refractivity (Wildman–Crippen MR) is 110 cm³/mol. The molecular formula is C23H24ClNO3. The van der Waals surface area contributed by atoms with Gasteiger partial charge < -0.3 is 5.32 Å². The van der Waals surface area contributed by atoms with Gasteiger partial charge in [-0.15, -0.1) is 0 Å². The van der Waals surface area contributed by atoms with Crippen molar-refractivity contribution in [2.24, 2.45) is 5.92 Å². The maximum Gasteiger partial charge on any atom is 0.252 e. The van der Waals surface area contributed by atoms with Gasteiger partial charge in [-0.25, -0.2) is 0 Å². The van der Waals surface area contributed by atoms with Crippen LogP contribution in [0.1, 0.15) is 81.7 Å². The highest BCUT2D eigenvalue weighted by Crippen LogP contribution is 2.33. The normalized spacial score (nSPS) is 13.7. The molecule has 3 rings (SSSR count). The summed E-state index contributed by atoms with van der Waals surface area (Å²) in [6.45, 7) is 4.83. The van der Waals surface area contributed by atoms with Crippen LogP contribution in [0.3, 0.4) is 0 Å². The van der Waals surface area contributed by atoms with Gasteiger partial charge in [-0.2, -0.15) is 0 Å². The Labute approximate surface area is 170 Å². The fraction of sp³-hybridized carbons (Fsp3) is 0.348. The third kappa shape index (κ3) is 3.74. The molecule has 0 saturated heterocycles. The van der Waals surface area contributed by atoms with Gasteiger partial charge in [0.1, 0.15) is 0 Å². The van der Waals surface area contributed by atoms with Crippen molar-refractivity contribution < 1.29 is 14.4 Å². The summed E-state index contributed by atoms with van der Waals surface area (Å²) in [7, 11) is 0. The molecule has 0 aliphatic heterocycles. The van der Waals surface area contributed by atoms with Crippen molar-refractivity contribution in [3.63, 3.8) is 0 Å². The Balaban J connectivity index is 1.86. The first kappa shape index (κ1) is 20.3. The lowest BCUT2D eigenvalue weighted by Crippen LogP contribution is -2.30. The van der Waals surface area contributed by atoms with Crippen LogP contribution in [0.15, 0.2) is 36.4 Å². The number of nitrogens with one attached hydrogen (secondary N) is 1. The number of benzene rings is 2. The van der Waals surface area contributed by atoms with Gasteiger partial charge in [-0.1, -0.05) is 69.0 Å². The Morgan fingerprint density at radius 2 is 1.68 bits per heavy atom. The summed E-state index contributed by atoms with van der Waals surface area (Å²) in [6.07, 6.45) is 4.31. The molecule has 146 valence electrons. The Morgan fingerprint density at radius 1 is 1.00 bits per heavy atom. The molecule has 0 heterocycles. The molecule has 2 aromatic rings. The third-order valence-corrected chi connectivity index (χ3v) is 5.76. The second kappa shape index (κ2) is 8.70. The lowest BCUT2D eigenvalue weighted by molar-refractivity contribution is 0.0944. The molecule has 2 aromatic carbocycles. The minimum Gasteiger partial charge on any atom is -0.352 e. The first-order chi connectivity index (χ1) is 13.5. The lowest BCUT2D eigenvalue weighted by Gasteiger charge is -2.20. The zero-order valence-electron chi connectivity index (χ0n) is 16.2. The average Bonchev–Trinajstić information content (AvgIpc) is 2.71. The number of halogens is 1. The van der Waals surface area contributed by atoms with Crippen molar-refractivity contribution >= 4 is 29.1 Å². The van der Waals surface area contributed by atoms with Crippen molar-refractivity contribution in [1.29, 1.82) is 0 Å². The van der Waals surface area contributed by atoms with Crippen LogP contribution in [-0.4, -0.2) is 24.0 Å². The monoisotopic (exact) mass is 397 g/mol. The highest BCUT2D eigenvalue weighted by Gasteiger charge is 2.33. The number of hydrogen-bond acceptors (Lipinski definition) is 3. The van der Waals surface area contributed by atoms with Gasteiger partial charge in [0.15, 0.2) is 11.6 Å². The molecule has 1 N–H and O–H groups in total. The SMILES string of the molecule is CCCCC(CC)CNC(=O)c1ccc2c(c1Cl)C(=O)c1ccccc1C2=O. The number of unbranched alkanes of at least 4 members (excludes halogenated alkanes) is 1. The third-order valence-electron chi connectivity index (χ3n) is 5.37. The van der Waals surface area contributed by atoms with Crippen LogP contribution in [-0.2, 0) is 0 Å². The standard InChI is InChI=1S/C23H24ClNO3/c1-3-5-8-14(4-2)13-25-23(28)18-12-11-17-19(20(18)24)22(27)16-10-7-6-9-15(16)21(17)26/h6-7,9-12,14H,3-5,8,13H2,1-2H3,(H,25,28). The van der Waals surface area contributed by atoms with Crippen molar-refractivity contribution in [3.05, 3.63) is 69.2 Å². The van der Waals surface area contributed by atoms with Gasteiger partial charge in [0.25, 0.3) is 5.91 Å². The van der Waals surface area contributed by atoms with E-state index in [9.17, 15) is 14.4 Å². The molecular weight excluding hydrogens is 374 g/mol. The molecule has 1 atom stereocenters. The summed E-state index contributed by atoms with van der Waals surface area (Å²) in [5.41, 5.74) is 1.29. The molecule has 0 bridgehead atoms. The summed E-state index contributed by atoms with van der Waals surface area (Å²) < 4.78 is 0. The number of hydrogen-bond donors (Lipinski definition) is 1. The van der Waals surface area contributed by atoms with E-state index in [1.54, 1.807) is 24.3 Å². The van der Waals surface area contributed by atoms with Crippen LogP contribution in [0.2, 0.25) is 5.02 Å². The minimum atomic E-state index is -0.320. The Kier molecular flexibility index (Phi) is 6.30. The van der Waals surface area contributed by atoms with Crippen LogP contribution >= 0.6 is 11.6 Å². The van der Waals surface area contributed by atoms with Crippen molar-refractivity contribution in [2.75, 3.05) is 6.54 Å². The Bertz CT molecular complexity index is 935. The van der Waals surface area contributed by atoms with E-state index in [1.165, 1.54) is 12.1 Å². The number of ketones is 2. The van der Waals surface area contributed by atoms with Crippen molar-refractivity contribution in [1.82, 2.24) is 5.32 Å². The summed E-state index contributed by atoms with van der Waals surface area (Å²) in [5, 5.41) is 2.98. The minimum absolute atomic E-state index is 0.0458. The van der Waals surface area contributed by atoms with E-state index in [1.807, 2.05) is 0 Å². The first-order valence-corrected chi connectivity index (χ1v) is 10.2. The van der Waals surface area contributed by atoms with E-state index >= 15 is 0 Å². The van der Waals surface area contributed by atoms with E-state index in [-0.39, 0.29) is 39.2 Å². The lowest BCUT2D eigenvalue weighted by atomic mass is 9.83. The number of amides is 1. The number of carbonyl (C=O) groups is 3. The second-order valence-corrected chi connectivity index (χ2v) is 7.56. The highest BCUT2D eigenvalue weighted by atomic mass is 35.5. The van der Waals surface area contributed by atoms with E-state index in [4.69, 9.17) is 11.6 Å². The molecule has 0 fully saturated rings. The van der Waals surface area contributed by atoms with E-state index in [0.29, 0.717) is 23.6 Å². The number of fused-ring (bicyclic) bond motifs is 2. The van der Waals surface area contributed by atoms with Gasteiger partial charge in [-0.3, -0.25) is 14.4 Å². The number of rotatable bonds is 7. The number of carbonyl (C=O) groups excluding carboxylic acids is 3. The van der Waals surface area contributed by atoms with E-state index in [0.717, 1.165) is 25.7 Å². The largest absolute Gasteiger partial charge is 0.352 e. The second-order valence-electron chi connectivity index (χ2n) is 7.18. The summed E-state index contributed by atoms with van der Waals surface area (Å²) in [6, 6.07) is 9.74. The molecule has 0 aromatic heterocycles. The molecule has 28 heavy (non-hydrogen) atoms. The van der Waals surface area contributed by atoms with E-state index < -0.39 is 0 Å². The molecule has 5 heteroatoms. The Hall–Kier alpha value is -2.46. The molecule has 1 aliphatic carbocycles. The fourth-order valence-electron chi connectivity index (χ4n) is 3.60. The van der Waals surface area contributed by atoms with Crippen LogP contribution in [0.5, 0.6) is 0 Å². The van der Waals surface area contributed by atoms with Crippen LogP contribution in [0.25, 0.3) is 0 Å². The van der Waals surface area contributed by atoms with E-state index in [2.05, 4.69) is 19.2 Å². The van der Waals surface area contributed by atoms with Gasteiger partial charge in [0.2, 0.25) is 0 Å². The summed E-state index contributed by atoms with van der Waals surface area (Å²) in [5.74, 6) is -0.471. The van der Waals surface area contributed by atoms with Crippen molar-refractivity contribution in [3.8, 4) is 0 Å². The average molecular weight is 398 g/mol. The highest BCUT2D eigenvalue weighted by molar-refractivity contribution is 6.41. The molecule has 1 unspecified atom stereocenters. The zero-order chi connectivity index (χ0) is 20.3. The quantitative estimate of drug-likeness (QED) is 0.605. The summed E-state index contributed by atoms with van der Waals surface area (Å²) in [4.78, 5) is 38.3. The molecule has 0 spiro atoms.